The van der Waals surface area contributed by atoms with Gasteiger partial charge >= 0.3 is 0 Å². The zero-order valence-electron chi connectivity index (χ0n) is 22.7. The number of hydrogen-bond donors (Lipinski definition) is 0. The van der Waals surface area contributed by atoms with E-state index in [1.807, 2.05) is 48.1 Å². The van der Waals surface area contributed by atoms with Crippen molar-refractivity contribution < 1.29 is 18.9 Å². The fourth-order valence-corrected chi connectivity index (χ4v) is 4.16. The standard InChI is InChI=1S/C30H45N2O3/c1-7-8-9-10-11-12-13-16-21-35-28-19-18-25(22-27(28)30(3,4)5)29(34)32(24(2)33)23-26-17-14-15-20-31(26)6/h14-15,17-20,22H,7-13,16,21,23H2,1-6H3/q+1. The Morgan fingerprint density at radius 3 is 2.20 bits per heavy atom. The SMILES string of the molecule is CCCCCCCCCCOc1ccc(C(=O)N(Cc2cccc[n+]2C)C(C)=O)cc1C(C)(C)C. The van der Waals surface area contributed by atoms with E-state index in [1.165, 1.54) is 56.8 Å². The van der Waals surface area contributed by atoms with Crippen LogP contribution in [-0.4, -0.2) is 23.3 Å². The third-order valence-electron chi connectivity index (χ3n) is 6.40. The van der Waals surface area contributed by atoms with Gasteiger partial charge in [-0.15, -0.1) is 0 Å². The van der Waals surface area contributed by atoms with Gasteiger partial charge in [0, 0.05) is 30.2 Å². The summed E-state index contributed by atoms with van der Waals surface area (Å²) in [5.74, 6) is 0.258. The minimum Gasteiger partial charge on any atom is -0.493 e. The second kappa shape index (κ2) is 14.0. The van der Waals surface area contributed by atoms with E-state index in [4.69, 9.17) is 4.74 Å². The number of carbonyl (C=O) groups excluding carboxylic acids is 2. The molecule has 0 saturated heterocycles. The van der Waals surface area contributed by atoms with E-state index < -0.39 is 0 Å². The normalized spacial score (nSPS) is 11.4. The van der Waals surface area contributed by atoms with Gasteiger partial charge in [0.15, 0.2) is 6.20 Å². The molecular weight excluding hydrogens is 436 g/mol. The van der Waals surface area contributed by atoms with Gasteiger partial charge in [0.1, 0.15) is 19.3 Å². The lowest BCUT2D eigenvalue weighted by atomic mass is 9.85. The molecule has 1 aromatic carbocycles. The third-order valence-corrected chi connectivity index (χ3v) is 6.40. The molecular formula is C30H45N2O3+. The maximum atomic E-state index is 13.4. The second-order valence-corrected chi connectivity index (χ2v) is 10.5. The number of imide groups is 1. The van der Waals surface area contributed by atoms with Crippen molar-refractivity contribution in [3.05, 3.63) is 59.4 Å². The summed E-state index contributed by atoms with van der Waals surface area (Å²) in [6.07, 6.45) is 12.0. The van der Waals surface area contributed by atoms with Crippen molar-refractivity contribution in [1.82, 2.24) is 4.90 Å². The molecule has 2 amide bonds. The predicted octanol–water partition coefficient (Wildman–Crippen LogP) is 6.52. The van der Waals surface area contributed by atoms with Crippen LogP contribution >= 0.6 is 0 Å². The van der Waals surface area contributed by atoms with Crippen LogP contribution in [0.15, 0.2) is 42.6 Å². The van der Waals surface area contributed by atoms with Gasteiger partial charge in [-0.2, -0.15) is 0 Å². The number of carbonyl (C=O) groups is 2. The fourth-order valence-electron chi connectivity index (χ4n) is 4.16. The molecule has 5 nitrogen and oxygen atoms in total. The number of hydrogen-bond acceptors (Lipinski definition) is 3. The molecule has 0 spiro atoms. The Labute approximate surface area is 212 Å². The van der Waals surface area contributed by atoms with Crippen LogP contribution in [0.5, 0.6) is 5.75 Å². The van der Waals surface area contributed by atoms with Gasteiger partial charge in [0.25, 0.3) is 5.91 Å². The van der Waals surface area contributed by atoms with E-state index in [0.29, 0.717) is 12.2 Å². The van der Waals surface area contributed by atoms with E-state index in [0.717, 1.165) is 23.4 Å². The van der Waals surface area contributed by atoms with Crippen molar-refractivity contribution in [1.29, 1.82) is 0 Å². The molecule has 2 rings (SSSR count). The summed E-state index contributed by atoms with van der Waals surface area (Å²) < 4.78 is 8.09. The molecule has 0 aliphatic rings. The number of unbranched alkanes of at least 4 members (excludes halogenated alkanes) is 7. The number of pyridine rings is 1. The molecule has 5 heteroatoms. The summed E-state index contributed by atoms with van der Waals surface area (Å²) in [6, 6.07) is 11.3. The molecule has 2 aromatic rings. The lowest BCUT2D eigenvalue weighted by Gasteiger charge is -2.25. The molecule has 192 valence electrons. The maximum Gasteiger partial charge on any atom is 0.260 e. The Bertz CT molecular complexity index is 962. The van der Waals surface area contributed by atoms with Crippen LogP contribution in [0.1, 0.15) is 108 Å². The third kappa shape index (κ3) is 9.12. The number of nitrogens with zero attached hydrogens (tertiary/aromatic N) is 2. The van der Waals surface area contributed by atoms with Crippen LogP contribution in [0.4, 0.5) is 0 Å². The average Bonchev–Trinajstić information content (AvgIpc) is 2.81. The molecule has 0 fully saturated rings. The van der Waals surface area contributed by atoms with Crippen LogP contribution in [-0.2, 0) is 23.8 Å². The second-order valence-electron chi connectivity index (χ2n) is 10.5. The molecule has 35 heavy (non-hydrogen) atoms. The fraction of sp³-hybridized carbons (Fsp3) is 0.567. The van der Waals surface area contributed by atoms with Gasteiger partial charge < -0.3 is 4.74 Å². The summed E-state index contributed by atoms with van der Waals surface area (Å²) in [6.45, 7) is 10.9. The number of aromatic nitrogens is 1. The highest BCUT2D eigenvalue weighted by molar-refractivity contribution is 6.04. The Morgan fingerprint density at radius 2 is 1.60 bits per heavy atom. The highest BCUT2D eigenvalue weighted by Gasteiger charge is 2.26. The molecule has 1 heterocycles. The zero-order chi connectivity index (χ0) is 25.8. The molecule has 0 aliphatic carbocycles. The molecule has 0 N–H and O–H groups in total. The van der Waals surface area contributed by atoms with Gasteiger partial charge in [0.2, 0.25) is 11.6 Å². The Kier molecular flexibility index (Phi) is 11.4. The van der Waals surface area contributed by atoms with E-state index in [9.17, 15) is 9.59 Å². The molecule has 0 bridgehead atoms. The monoisotopic (exact) mass is 481 g/mol. The Morgan fingerprint density at radius 1 is 0.943 bits per heavy atom. The lowest BCUT2D eigenvalue weighted by Crippen LogP contribution is -2.41. The smallest absolute Gasteiger partial charge is 0.260 e. The van der Waals surface area contributed by atoms with Gasteiger partial charge in [-0.25, -0.2) is 4.57 Å². The Hall–Kier alpha value is -2.69. The number of ether oxygens (including phenoxy) is 1. The first-order valence-corrected chi connectivity index (χ1v) is 13.2. The van der Waals surface area contributed by atoms with Crippen molar-refractivity contribution in [3.8, 4) is 5.75 Å². The van der Waals surface area contributed by atoms with E-state index in [-0.39, 0.29) is 23.8 Å². The van der Waals surface area contributed by atoms with E-state index >= 15 is 0 Å². The average molecular weight is 482 g/mol. The summed E-state index contributed by atoms with van der Waals surface area (Å²) in [5.41, 5.74) is 2.18. The predicted molar refractivity (Wildman–Crippen MR) is 141 cm³/mol. The lowest BCUT2D eigenvalue weighted by molar-refractivity contribution is -0.679. The minimum absolute atomic E-state index is 0.197. The first-order chi connectivity index (χ1) is 16.6. The van der Waals surface area contributed by atoms with Gasteiger partial charge in [-0.3, -0.25) is 14.5 Å². The highest BCUT2D eigenvalue weighted by atomic mass is 16.5. The van der Waals surface area contributed by atoms with Crippen LogP contribution < -0.4 is 9.30 Å². The number of amides is 2. The first kappa shape index (κ1) is 28.5. The quantitative estimate of drug-likeness (QED) is 0.242. The molecule has 1 aromatic heterocycles. The molecule has 0 radical (unpaired) electrons. The van der Waals surface area contributed by atoms with Gasteiger partial charge in [0.05, 0.1) is 6.61 Å². The van der Waals surface area contributed by atoms with Gasteiger partial charge in [-0.05, 0) is 30.0 Å². The number of aryl methyl sites for hydroxylation is 1. The summed E-state index contributed by atoms with van der Waals surface area (Å²) in [4.78, 5) is 27.1. The first-order valence-electron chi connectivity index (χ1n) is 13.2. The van der Waals surface area contributed by atoms with Gasteiger partial charge in [-0.1, -0.05) is 78.7 Å². The number of rotatable bonds is 13. The maximum absolute atomic E-state index is 13.4. The van der Waals surface area contributed by atoms with Crippen molar-refractivity contribution in [2.75, 3.05) is 6.61 Å². The molecule has 0 aliphatic heterocycles. The molecule has 0 saturated carbocycles. The summed E-state index contributed by atoms with van der Waals surface area (Å²) in [5, 5.41) is 0. The van der Waals surface area contributed by atoms with Crippen LogP contribution in [0.2, 0.25) is 0 Å². The van der Waals surface area contributed by atoms with E-state index in [2.05, 4.69) is 27.7 Å². The topological polar surface area (TPSA) is 50.5 Å². The van der Waals surface area contributed by atoms with Crippen molar-refractivity contribution in [2.24, 2.45) is 7.05 Å². The Balaban J connectivity index is 2.07. The zero-order valence-corrected chi connectivity index (χ0v) is 22.7. The van der Waals surface area contributed by atoms with Crippen molar-refractivity contribution in [2.45, 2.75) is 97.9 Å². The minimum atomic E-state index is -0.290. The van der Waals surface area contributed by atoms with Crippen molar-refractivity contribution >= 4 is 11.8 Å². The summed E-state index contributed by atoms with van der Waals surface area (Å²) >= 11 is 0. The molecule has 0 unspecified atom stereocenters. The highest BCUT2D eigenvalue weighted by Crippen LogP contribution is 2.33. The molecule has 0 atom stereocenters. The van der Waals surface area contributed by atoms with Crippen LogP contribution in [0.3, 0.4) is 0 Å². The van der Waals surface area contributed by atoms with Crippen LogP contribution in [0.25, 0.3) is 0 Å². The number of benzene rings is 1. The van der Waals surface area contributed by atoms with E-state index in [1.54, 1.807) is 6.07 Å². The largest absolute Gasteiger partial charge is 0.493 e. The van der Waals surface area contributed by atoms with Crippen molar-refractivity contribution in [3.63, 3.8) is 0 Å². The summed E-state index contributed by atoms with van der Waals surface area (Å²) in [7, 11) is 1.91. The van der Waals surface area contributed by atoms with Crippen LogP contribution in [0, 0.1) is 0 Å².